The molecule has 0 spiro atoms. The molecule has 1 aromatic rings. The minimum Gasteiger partial charge on any atom is -0.272 e. The second kappa shape index (κ2) is 3.98. The number of nitrogens with zero attached hydrogens (tertiary/aromatic N) is 1. The summed E-state index contributed by atoms with van der Waals surface area (Å²) in [5.74, 6) is -0.391. The molecule has 0 saturated heterocycles. The van der Waals surface area contributed by atoms with Crippen LogP contribution < -0.4 is 5.73 Å². The first-order valence-corrected chi connectivity index (χ1v) is 4.06. The number of hydrogen-bond donors (Lipinski definition) is 0. The molecule has 11 heavy (non-hydrogen) atoms. The van der Waals surface area contributed by atoms with E-state index in [1.807, 2.05) is 18.2 Å². The molecule has 0 fully saturated rings. The van der Waals surface area contributed by atoms with Crippen LogP contribution in [0.1, 0.15) is 0 Å². The van der Waals surface area contributed by atoms with Crippen molar-refractivity contribution in [3.8, 4) is 0 Å². The maximum absolute atomic E-state index is 10.2. The highest BCUT2D eigenvalue weighted by atomic mass is 32.2. The van der Waals surface area contributed by atoms with Crippen LogP contribution in [0.25, 0.3) is 0 Å². The molecule has 1 aromatic heterocycles. The average Bonchev–Trinajstić information content (AvgIpc) is 2.03. The number of carbonyl (C=O) groups excluding carboxylic acids is 1. The van der Waals surface area contributed by atoms with Crippen molar-refractivity contribution in [3.05, 3.63) is 24.4 Å². The largest absolute Gasteiger partial charge is 0.272 e. The van der Waals surface area contributed by atoms with E-state index >= 15 is 0 Å². The van der Waals surface area contributed by atoms with Crippen LogP contribution in [0.15, 0.2) is 29.4 Å². The number of amides is 1. The number of aromatic nitrogens is 1. The summed E-state index contributed by atoms with van der Waals surface area (Å²) in [6.45, 7) is 0. The Bertz CT molecular complexity index is 237. The van der Waals surface area contributed by atoms with Gasteiger partial charge in [0.15, 0.2) is 0 Å². The summed E-state index contributed by atoms with van der Waals surface area (Å²) in [7, 11) is 0. The fourth-order valence-electron chi connectivity index (χ4n) is 0.572. The molecule has 4 heteroatoms. The maximum atomic E-state index is 10.2. The van der Waals surface area contributed by atoms with Gasteiger partial charge < -0.3 is 0 Å². The van der Waals surface area contributed by atoms with Gasteiger partial charge in [0.05, 0.1) is 10.8 Å². The Morgan fingerprint density at radius 1 is 1.64 bits per heavy atom. The highest BCUT2D eigenvalue weighted by molar-refractivity contribution is 7.99. The van der Waals surface area contributed by atoms with Crippen LogP contribution in [0.4, 0.5) is 0 Å². The molecule has 1 radical (unpaired) electrons. The first-order valence-electron chi connectivity index (χ1n) is 3.07. The number of pyridine rings is 1. The van der Waals surface area contributed by atoms with Crippen molar-refractivity contribution in [2.45, 2.75) is 5.03 Å². The van der Waals surface area contributed by atoms with Gasteiger partial charge in [0, 0.05) is 6.20 Å². The zero-order valence-electron chi connectivity index (χ0n) is 5.78. The van der Waals surface area contributed by atoms with Gasteiger partial charge >= 0.3 is 0 Å². The van der Waals surface area contributed by atoms with Gasteiger partial charge in [-0.3, -0.25) is 10.5 Å². The van der Waals surface area contributed by atoms with Crippen LogP contribution in [0.2, 0.25) is 0 Å². The van der Waals surface area contributed by atoms with Gasteiger partial charge in [-0.25, -0.2) is 4.98 Å². The Morgan fingerprint density at radius 3 is 3.00 bits per heavy atom. The van der Waals surface area contributed by atoms with Crippen LogP contribution in [0.3, 0.4) is 0 Å². The zero-order valence-corrected chi connectivity index (χ0v) is 6.60. The molecule has 0 saturated carbocycles. The van der Waals surface area contributed by atoms with Crippen molar-refractivity contribution in [1.82, 2.24) is 10.7 Å². The van der Waals surface area contributed by atoms with Crippen molar-refractivity contribution in [2.75, 3.05) is 5.75 Å². The molecule has 0 aromatic carbocycles. The van der Waals surface area contributed by atoms with E-state index in [1.54, 1.807) is 6.20 Å². The van der Waals surface area contributed by atoms with Crippen molar-refractivity contribution < 1.29 is 4.79 Å². The summed E-state index contributed by atoms with van der Waals surface area (Å²) in [6, 6.07) is 5.48. The number of hydrogen-bond acceptors (Lipinski definition) is 3. The fraction of sp³-hybridized carbons (Fsp3) is 0.143. The minimum absolute atomic E-state index is 0.178. The molecule has 0 aliphatic carbocycles. The SMILES string of the molecule is [NH]C(=O)CSc1ccccn1. The van der Waals surface area contributed by atoms with Gasteiger partial charge in [-0.05, 0) is 12.1 Å². The first-order chi connectivity index (χ1) is 5.29. The van der Waals surface area contributed by atoms with E-state index in [2.05, 4.69) is 4.98 Å². The molecular weight excluding hydrogens is 160 g/mol. The van der Waals surface area contributed by atoms with Gasteiger partial charge in [-0.15, -0.1) is 0 Å². The fourth-order valence-corrected chi connectivity index (χ4v) is 1.16. The molecule has 0 aliphatic rings. The molecule has 1 N–H and O–H groups in total. The molecule has 0 unspecified atom stereocenters. The average molecular weight is 167 g/mol. The highest BCUT2D eigenvalue weighted by Crippen LogP contribution is 2.12. The smallest absolute Gasteiger partial charge is 0.248 e. The summed E-state index contributed by atoms with van der Waals surface area (Å²) in [5, 5.41) is 0.785. The van der Waals surface area contributed by atoms with Gasteiger partial charge in [-0.2, -0.15) is 0 Å². The van der Waals surface area contributed by atoms with Crippen molar-refractivity contribution in [1.29, 1.82) is 0 Å². The van der Waals surface area contributed by atoms with Crippen LogP contribution >= 0.6 is 11.8 Å². The summed E-state index contributed by atoms with van der Waals surface area (Å²) in [4.78, 5) is 14.2. The molecule has 0 bridgehead atoms. The topological polar surface area (TPSA) is 53.8 Å². The predicted octanol–water partition coefficient (Wildman–Crippen LogP) is 0.983. The van der Waals surface area contributed by atoms with Gasteiger partial charge in [0.2, 0.25) is 5.91 Å². The molecule has 1 amide bonds. The Kier molecular flexibility index (Phi) is 2.92. The lowest BCUT2D eigenvalue weighted by Crippen LogP contribution is -2.00. The number of rotatable bonds is 3. The zero-order chi connectivity index (χ0) is 8.10. The van der Waals surface area contributed by atoms with E-state index in [9.17, 15) is 4.79 Å². The van der Waals surface area contributed by atoms with Crippen molar-refractivity contribution >= 4 is 17.7 Å². The number of thioether (sulfide) groups is 1. The third kappa shape index (κ3) is 3.04. The van der Waals surface area contributed by atoms with E-state index in [1.165, 1.54) is 11.8 Å². The monoisotopic (exact) mass is 167 g/mol. The van der Waals surface area contributed by atoms with Gasteiger partial charge in [0.25, 0.3) is 0 Å². The Hall–Kier alpha value is -1.03. The second-order valence-electron chi connectivity index (χ2n) is 1.88. The summed E-state index contributed by atoms with van der Waals surface area (Å²) >= 11 is 1.28. The molecule has 1 heterocycles. The third-order valence-corrected chi connectivity index (χ3v) is 1.93. The quantitative estimate of drug-likeness (QED) is 0.630. The lowest BCUT2D eigenvalue weighted by atomic mass is 10.5. The number of nitrogens with one attached hydrogen (secondary N) is 1. The Labute approximate surface area is 69.0 Å². The minimum atomic E-state index is -0.569. The normalized spacial score (nSPS) is 9.45. The second-order valence-corrected chi connectivity index (χ2v) is 2.88. The van der Waals surface area contributed by atoms with Crippen molar-refractivity contribution in [2.24, 2.45) is 0 Å². The third-order valence-electron chi connectivity index (χ3n) is 0.989. The molecule has 0 aliphatic heterocycles. The first kappa shape index (κ1) is 8.07. The van der Waals surface area contributed by atoms with Crippen LogP contribution in [-0.2, 0) is 4.79 Å². The molecule has 3 nitrogen and oxygen atoms in total. The van der Waals surface area contributed by atoms with E-state index in [-0.39, 0.29) is 5.75 Å². The van der Waals surface area contributed by atoms with E-state index in [4.69, 9.17) is 5.73 Å². The summed E-state index contributed by atoms with van der Waals surface area (Å²) in [5.41, 5.74) is 6.64. The Morgan fingerprint density at radius 2 is 2.45 bits per heavy atom. The highest BCUT2D eigenvalue weighted by Gasteiger charge is 1.97. The predicted molar refractivity (Wildman–Crippen MR) is 43.1 cm³/mol. The van der Waals surface area contributed by atoms with Crippen LogP contribution in [0, 0.1) is 0 Å². The Balaban J connectivity index is 2.45. The van der Waals surface area contributed by atoms with E-state index < -0.39 is 5.91 Å². The summed E-state index contributed by atoms with van der Waals surface area (Å²) < 4.78 is 0. The number of carbonyl (C=O) groups is 1. The van der Waals surface area contributed by atoms with Crippen molar-refractivity contribution in [3.63, 3.8) is 0 Å². The van der Waals surface area contributed by atoms with E-state index in [0.29, 0.717) is 0 Å². The van der Waals surface area contributed by atoms with E-state index in [0.717, 1.165) is 5.03 Å². The molecule has 0 atom stereocenters. The molecule has 1 rings (SSSR count). The molecular formula is C7H7N2OS. The van der Waals surface area contributed by atoms with Crippen LogP contribution in [0.5, 0.6) is 0 Å². The maximum Gasteiger partial charge on any atom is 0.248 e. The standard InChI is InChI=1S/C7H7N2OS/c8-6(10)5-11-7-3-1-2-4-9-7/h1-4,8H,5H2. The lowest BCUT2D eigenvalue weighted by molar-refractivity contribution is -0.116. The van der Waals surface area contributed by atoms with Gasteiger partial charge in [0.1, 0.15) is 0 Å². The summed E-state index contributed by atoms with van der Waals surface area (Å²) in [6.07, 6.45) is 1.66. The molecule has 57 valence electrons. The lowest BCUT2D eigenvalue weighted by Gasteiger charge is -1.94. The van der Waals surface area contributed by atoms with Gasteiger partial charge in [-0.1, -0.05) is 17.8 Å². The van der Waals surface area contributed by atoms with Crippen LogP contribution in [-0.4, -0.2) is 16.6 Å².